The van der Waals surface area contributed by atoms with Crippen molar-refractivity contribution in [1.29, 1.82) is 0 Å². The molecule has 1 saturated heterocycles. The van der Waals surface area contributed by atoms with Crippen LogP contribution in [-0.2, 0) is 6.42 Å². The van der Waals surface area contributed by atoms with Crippen molar-refractivity contribution in [3.8, 4) is 0 Å². The van der Waals surface area contributed by atoms with E-state index in [4.69, 9.17) is 4.42 Å². The maximum absolute atomic E-state index is 13.9. The summed E-state index contributed by atoms with van der Waals surface area (Å²) in [4.78, 5) is 10.4. The minimum Gasteiger partial charge on any atom is -0.461 e. The van der Waals surface area contributed by atoms with E-state index in [1.165, 1.54) is 6.07 Å². The Morgan fingerprint density at radius 2 is 2.21 bits per heavy atom. The molecule has 6 nitrogen and oxygen atoms in total. The highest BCUT2D eigenvalue weighted by Gasteiger charge is 2.25. The molecule has 0 radical (unpaired) electrons. The van der Waals surface area contributed by atoms with Gasteiger partial charge in [0.15, 0.2) is 17.6 Å². The summed E-state index contributed by atoms with van der Waals surface area (Å²) in [6, 6.07) is 13.3. The SMILES string of the molecule is CN=C(NCCc1cc2ccccc2o1)NC1CCN(c2ncccc2F)C1. The van der Waals surface area contributed by atoms with Gasteiger partial charge in [-0.15, -0.1) is 0 Å². The number of fused-ring (bicyclic) bond motifs is 1. The summed E-state index contributed by atoms with van der Waals surface area (Å²) in [7, 11) is 1.75. The number of aromatic nitrogens is 1. The molecule has 1 aliphatic heterocycles. The number of nitrogens with one attached hydrogen (secondary N) is 2. The molecule has 0 saturated carbocycles. The van der Waals surface area contributed by atoms with Crippen molar-refractivity contribution in [2.45, 2.75) is 18.9 Å². The number of aliphatic imine (C=N–C) groups is 1. The standard InChI is InChI=1S/C21H24FN5O/c1-23-21(25-11-8-17-13-15-5-2-3-7-19(15)28-17)26-16-9-12-27(14-16)20-18(22)6-4-10-24-20/h2-7,10,13,16H,8-9,11-12,14H2,1H3,(H2,23,25,26). The van der Waals surface area contributed by atoms with Crippen LogP contribution in [0.4, 0.5) is 10.2 Å². The number of halogens is 1. The molecule has 1 fully saturated rings. The molecule has 3 aromatic rings. The summed E-state index contributed by atoms with van der Waals surface area (Å²) in [6.07, 6.45) is 3.29. The van der Waals surface area contributed by atoms with Crippen LogP contribution < -0.4 is 15.5 Å². The summed E-state index contributed by atoms with van der Waals surface area (Å²) in [5.74, 6) is 1.82. The Bertz CT molecular complexity index is 937. The molecular formula is C21H24FN5O. The van der Waals surface area contributed by atoms with E-state index in [2.05, 4.69) is 26.7 Å². The van der Waals surface area contributed by atoms with E-state index in [9.17, 15) is 4.39 Å². The van der Waals surface area contributed by atoms with Gasteiger partial charge in [-0.1, -0.05) is 18.2 Å². The molecule has 146 valence electrons. The molecule has 0 spiro atoms. The van der Waals surface area contributed by atoms with Crippen molar-refractivity contribution in [3.05, 3.63) is 60.2 Å². The molecule has 0 bridgehead atoms. The first-order valence-corrected chi connectivity index (χ1v) is 9.53. The molecule has 0 aliphatic carbocycles. The van der Waals surface area contributed by atoms with Gasteiger partial charge in [0.1, 0.15) is 11.3 Å². The lowest BCUT2D eigenvalue weighted by Gasteiger charge is -2.19. The zero-order valence-electron chi connectivity index (χ0n) is 15.9. The Balaban J connectivity index is 1.27. The van der Waals surface area contributed by atoms with Crippen LogP contribution in [0.1, 0.15) is 12.2 Å². The van der Waals surface area contributed by atoms with E-state index in [1.54, 1.807) is 19.3 Å². The van der Waals surface area contributed by atoms with Crippen LogP contribution in [0, 0.1) is 5.82 Å². The molecule has 0 amide bonds. The number of nitrogens with zero attached hydrogens (tertiary/aromatic N) is 3. The second-order valence-corrected chi connectivity index (χ2v) is 6.88. The van der Waals surface area contributed by atoms with E-state index in [-0.39, 0.29) is 11.9 Å². The number of hydrogen-bond acceptors (Lipinski definition) is 4. The molecule has 1 aliphatic rings. The largest absolute Gasteiger partial charge is 0.461 e. The van der Waals surface area contributed by atoms with Crippen molar-refractivity contribution in [3.63, 3.8) is 0 Å². The van der Waals surface area contributed by atoms with Crippen LogP contribution in [0.25, 0.3) is 11.0 Å². The highest BCUT2D eigenvalue weighted by molar-refractivity contribution is 5.80. The maximum Gasteiger partial charge on any atom is 0.191 e. The Hall–Kier alpha value is -3.09. The third-order valence-corrected chi connectivity index (χ3v) is 4.93. The zero-order chi connectivity index (χ0) is 19.3. The molecule has 4 rings (SSSR count). The fourth-order valence-corrected chi connectivity index (χ4v) is 3.53. The molecule has 2 N–H and O–H groups in total. The number of benzene rings is 1. The van der Waals surface area contributed by atoms with Gasteiger partial charge >= 0.3 is 0 Å². The number of furan rings is 1. The van der Waals surface area contributed by atoms with Crippen molar-refractivity contribution in [1.82, 2.24) is 15.6 Å². The summed E-state index contributed by atoms with van der Waals surface area (Å²) in [6.45, 7) is 2.17. The van der Waals surface area contributed by atoms with Gasteiger partial charge in [0.25, 0.3) is 0 Å². The number of guanidine groups is 1. The number of rotatable bonds is 5. The Morgan fingerprint density at radius 3 is 3.04 bits per heavy atom. The van der Waals surface area contributed by atoms with Crippen molar-refractivity contribution in [2.75, 3.05) is 31.6 Å². The van der Waals surface area contributed by atoms with E-state index in [1.807, 2.05) is 29.2 Å². The van der Waals surface area contributed by atoms with Gasteiger partial charge in [0.05, 0.1) is 0 Å². The van der Waals surface area contributed by atoms with E-state index < -0.39 is 0 Å². The molecule has 7 heteroatoms. The van der Waals surface area contributed by atoms with E-state index >= 15 is 0 Å². The topological polar surface area (TPSA) is 65.7 Å². The lowest BCUT2D eigenvalue weighted by atomic mass is 10.2. The second kappa shape index (κ2) is 8.29. The Labute approximate surface area is 163 Å². The van der Waals surface area contributed by atoms with Gasteiger partial charge in [-0.05, 0) is 30.7 Å². The zero-order valence-corrected chi connectivity index (χ0v) is 15.9. The normalized spacial score (nSPS) is 17.3. The van der Waals surface area contributed by atoms with Gasteiger partial charge in [0, 0.05) is 50.7 Å². The molecule has 1 atom stereocenters. The first kappa shape index (κ1) is 18.3. The van der Waals surface area contributed by atoms with Crippen LogP contribution in [-0.4, -0.2) is 43.7 Å². The Morgan fingerprint density at radius 1 is 1.32 bits per heavy atom. The van der Waals surface area contributed by atoms with Crippen LogP contribution in [0.15, 0.2) is 58.1 Å². The first-order chi connectivity index (χ1) is 13.7. The molecule has 3 heterocycles. The third-order valence-electron chi connectivity index (χ3n) is 4.93. The van der Waals surface area contributed by atoms with Gasteiger partial charge in [0.2, 0.25) is 0 Å². The number of hydrogen-bond donors (Lipinski definition) is 2. The molecular weight excluding hydrogens is 357 g/mol. The average molecular weight is 381 g/mol. The summed E-state index contributed by atoms with van der Waals surface area (Å²) in [5, 5.41) is 7.86. The summed E-state index contributed by atoms with van der Waals surface area (Å²) in [5.41, 5.74) is 0.910. The third kappa shape index (κ3) is 4.08. The molecule has 2 aromatic heterocycles. The smallest absolute Gasteiger partial charge is 0.191 e. The number of anilines is 1. The minimum atomic E-state index is -0.281. The summed E-state index contributed by atoms with van der Waals surface area (Å²) >= 11 is 0. The van der Waals surface area contributed by atoms with Crippen molar-refractivity contribution >= 4 is 22.7 Å². The van der Waals surface area contributed by atoms with Crippen LogP contribution in [0.5, 0.6) is 0 Å². The van der Waals surface area contributed by atoms with Crippen LogP contribution in [0.2, 0.25) is 0 Å². The maximum atomic E-state index is 13.9. The number of pyridine rings is 1. The monoisotopic (exact) mass is 381 g/mol. The van der Waals surface area contributed by atoms with E-state index in [0.717, 1.165) is 42.1 Å². The second-order valence-electron chi connectivity index (χ2n) is 6.88. The first-order valence-electron chi connectivity index (χ1n) is 9.53. The fraction of sp³-hybridized carbons (Fsp3) is 0.333. The van der Waals surface area contributed by atoms with Crippen molar-refractivity contribution in [2.24, 2.45) is 4.99 Å². The van der Waals surface area contributed by atoms with Crippen molar-refractivity contribution < 1.29 is 8.81 Å². The highest BCUT2D eigenvalue weighted by Crippen LogP contribution is 2.21. The van der Waals surface area contributed by atoms with Crippen LogP contribution >= 0.6 is 0 Å². The van der Waals surface area contributed by atoms with Gasteiger partial charge in [-0.3, -0.25) is 4.99 Å². The quantitative estimate of drug-likeness (QED) is 0.525. The fourth-order valence-electron chi connectivity index (χ4n) is 3.53. The summed E-state index contributed by atoms with van der Waals surface area (Å²) < 4.78 is 19.8. The van der Waals surface area contributed by atoms with Gasteiger partial charge in [-0.2, -0.15) is 0 Å². The predicted molar refractivity (Wildman–Crippen MR) is 109 cm³/mol. The van der Waals surface area contributed by atoms with Crippen LogP contribution in [0.3, 0.4) is 0 Å². The molecule has 28 heavy (non-hydrogen) atoms. The minimum absolute atomic E-state index is 0.193. The highest BCUT2D eigenvalue weighted by atomic mass is 19.1. The average Bonchev–Trinajstić information content (AvgIpc) is 3.34. The number of para-hydroxylation sites is 1. The molecule has 1 aromatic carbocycles. The lowest BCUT2D eigenvalue weighted by Crippen LogP contribution is -2.45. The Kier molecular flexibility index (Phi) is 5.41. The van der Waals surface area contributed by atoms with Gasteiger partial charge < -0.3 is 20.0 Å². The molecule has 1 unspecified atom stereocenters. The van der Waals surface area contributed by atoms with Gasteiger partial charge in [-0.25, -0.2) is 9.37 Å². The van der Waals surface area contributed by atoms with E-state index in [0.29, 0.717) is 18.9 Å². The lowest BCUT2D eigenvalue weighted by molar-refractivity contribution is 0.543. The predicted octanol–water partition coefficient (Wildman–Crippen LogP) is 2.95.